The number of Topliss-reactive ketones (excluding diaryl/α,β-unsaturated/α-hetero) is 1. The third-order valence-electron chi connectivity index (χ3n) is 2.22. The van der Waals surface area contributed by atoms with Gasteiger partial charge in [-0.15, -0.1) is 0 Å². The Morgan fingerprint density at radius 3 is 2.88 bits per heavy atom. The van der Waals surface area contributed by atoms with Crippen LogP contribution in [0.5, 0.6) is 0 Å². The third kappa shape index (κ3) is 1.57. The lowest BCUT2D eigenvalue weighted by atomic mass is 10.2. The number of nitrogens with zero attached hydrogens (tertiary/aromatic N) is 1. The molecule has 0 bridgehead atoms. The standard InChI is InChI=1S/C9H10N4O3/c1-3(14)6(15)5-2-4-7(11-5)12-9(10)13-8(4)16/h2,6,15H,1H3,(H4,10,11,12,13,16). The van der Waals surface area contributed by atoms with Crippen LogP contribution in [0.3, 0.4) is 0 Å². The molecular weight excluding hydrogens is 212 g/mol. The number of aromatic amines is 2. The summed E-state index contributed by atoms with van der Waals surface area (Å²) in [7, 11) is 0. The van der Waals surface area contributed by atoms with Crippen LogP contribution in [0.25, 0.3) is 11.0 Å². The van der Waals surface area contributed by atoms with E-state index in [1.807, 2.05) is 0 Å². The van der Waals surface area contributed by atoms with Crippen molar-refractivity contribution in [1.29, 1.82) is 0 Å². The molecule has 1 atom stereocenters. The van der Waals surface area contributed by atoms with Crippen molar-refractivity contribution >= 4 is 22.8 Å². The van der Waals surface area contributed by atoms with Gasteiger partial charge in [-0.1, -0.05) is 0 Å². The topological polar surface area (TPSA) is 125 Å². The predicted octanol–water partition coefficient (Wildman–Crippen LogP) is -0.544. The van der Waals surface area contributed by atoms with Gasteiger partial charge in [0.1, 0.15) is 5.65 Å². The highest BCUT2D eigenvalue weighted by molar-refractivity contribution is 5.84. The molecule has 7 nitrogen and oxygen atoms in total. The van der Waals surface area contributed by atoms with Crippen molar-refractivity contribution in [2.45, 2.75) is 13.0 Å². The monoisotopic (exact) mass is 222 g/mol. The van der Waals surface area contributed by atoms with Crippen molar-refractivity contribution < 1.29 is 9.90 Å². The van der Waals surface area contributed by atoms with E-state index in [4.69, 9.17) is 5.73 Å². The fraction of sp³-hybridized carbons (Fsp3) is 0.222. The van der Waals surface area contributed by atoms with Crippen molar-refractivity contribution in [1.82, 2.24) is 15.0 Å². The van der Waals surface area contributed by atoms with Crippen LogP contribution in [0, 0.1) is 0 Å². The molecule has 2 aromatic heterocycles. The Hall–Kier alpha value is -2.15. The second kappa shape index (κ2) is 3.46. The number of carbonyl (C=O) groups excluding carboxylic acids is 1. The van der Waals surface area contributed by atoms with Crippen molar-refractivity contribution in [3.05, 3.63) is 22.1 Å². The number of anilines is 1. The molecular formula is C9H10N4O3. The Morgan fingerprint density at radius 1 is 1.56 bits per heavy atom. The Balaban J connectivity index is 2.65. The lowest BCUT2D eigenvalue weighted by molar-refractivity contribution is -0.125. The van der Waals surface area contributed by atoms with Crippen molar-refractivity contribution in [2.75, 3.05) is 5.73 Å². The molecule has 2 aromatic rings. The minimum atomic E-state index is -1.28. The number of aromatic nitrogens is 3. The van der Waals surface area contributed by atoms with E-state index in [2.05, 4.69) is 15.0 Å². The molecule has 0 radical (unpaired) electrons. The van der Waals surface area contributed by atoms with Crippen LogP contribution in [-0.2, 0) is 4.79 Å². The molecule has 2 rings (SSSR count). The van der Waals surface area contributed by atoms with E-state index in [9.17, 15) is 14.7 Å². The number of nitrogens with one attached hydrogen (secondary N) is 2. The van der Waals surface area contributed by atoms with Gasteiger partial charge < -0.3 is 15.8 Å². The largest absolute Gasteiger partial charge is 0.379 e. The second-order valence-electron chi connectivity index (χ2n) is 3.45. The summed E-state index contributed by atoms with van der Waals surface area (Å²) in [6.07, 6.45) is -1.28. The average molecular weight is 222 g/mol. The van der Waals surface area contributed by atoms with Crippen molar-refractivity contribution in [3.63, 3.8) is 0 Å². The Labute approximate surface area is 89.3 Å². The highest BCUT2D eigenvalue weighted by atomic mass is 16.3. The molecule has 16 heavy (non-hydrogen) atoms. The van der Waals surface area contributed by atoms with E-state index in [0.29, 0.717) is 0 Å². The van der Waals surface area contributed by atoms with Gasteiger partial charge in [0.2, 0.25) is 5.95 Å². The summed E-state index contributed by atoms with van der Waals surface area (Å²) in [5, 5.41) is 9.76. The number of carbonyl (C=O) groups is 1. The van der Waals surface area contributed by atoms with Crippen LogP contribution >= 0.6 is 0 Å². The van der Waals surface area contributed by atoms with Crippen LogP contribution in [0.4, 0.5) is 5.95 Å². The number of H-pyrrole nitrogens is 2. The van der Waals surface area contributed by atoms with Gasteiger partial charge in [-0.25, -0.2) is 0 Å². The molecule has 1 unspecified atom stereocenters. The van der Waals surface area contributed by atoms with Gasteiger partial charge >= 0.3 is 0 Å². The molecule has 2 heterocycles. The van der Waals surface area contributed by atoms with Gasteiger partial charge in [0.15, 0.2) is 11.9 Å². The third-order valence-corrected chi connectivity index (χ3v) is 2.22. The number of nitrogen functional groups attached to an aromatic ring is 1. The van der Waals surface area contributed by atoms with Gasteiger partial charge in [0.05, 0.1) is 11.1 Å². The van der Waals surface area contributed by atoms with Gasteiger partial charge in [0.25, 0.3) is 5.56 Å². The van der Waals surface area contributed by atoms with Gasteiger partial charge in [0, 0.05) is 0 Å². The fourth-order valence-corrected chi connectivity index (χ4v) is 1.42. The van der Waals surface area contributed by atoms with Gasteiger partial charge in [-0.3, -0.25) is 14.6 Å². The first-order valence-corrected chi connectivity index (χ1v) is 4.56. The van der Waals surface area contributed by atoms with Crippen LogP contribution in [0.15, 0.2) is 10.9 Å². The van der Waals surface area contributed by atoms with E-state index >= 15 is 0 Å². The SMILES string of the molecule is CC(=O)C(O)c1cc2c(=O)[nH]c(N)nc2[nH]1. The smallest absolute Gasteiger partial charge is 0.261 e. The highest BCUT2D eigenvalue weighted by Crippen LogP contribution is 2.16. The number of fused-ring (bicyclic) bond motifs is 1. The number of rotatable bonds is 2. The molecule has 0 saturated carbocycles. The second-order valence-corrected chi connectivity index (χ2v) is 3.45. The molecule has 0 amide bonds. The number of hydrogen-bond acceptors (Lipinski definition) is 5. The molecule has 0 saturated heterocycles. The van der Waals surface area contributed by atoms with Crippen LogP contribution < -0.4 is 11.3 Å². The molecule has 0 aromatic carbocycles. The number of hydrogen-bond donors (Lipinski definition) is 4. The summed E-state index contributed by atoms with van der Waals surface area (Å²) in [5.41, 5.74) is 5.41. The van der Waals surface area contributed by atoms with Gasteiger partial charge in [-0.05, 0) is 13.0 Å². The van der Waals surface area contributed by atoms with E-state index in [1.165, 1.54) is 13.0 Å². The van der Waals surface area contributed by atoms with Crippen LogP contribution in [-0.4, -0.2) is 25.8 Å². The maximum absolute atomic E-state index is 11.4. The Kier molecular flexibility index (Phi) is 2.24. The number of ketones is 1. The normalized spacial score (nSPS) is 12.9. The maximum atomic E-state index is 11.4. The molecule has 0 aliphatic carbocycles. The summed E-state index contributed by atoms with van der Waals surface area (Å²) in [6, 6.07) is 1.38. The molecule has 84 valence electrons. The van der Waals surface area contributed by atoms with E-state index in [-0.39, 0.29) is 22.7 Å². The summed E-state index contributed by atoms with van der Waals surface area (Å²) >= 11 is 0. The molecule has 0 aliphatic heterocycles. The van der Waals surface area contributed by atoms with E-state index in [1.54, 1.807) is 0 Å². The molecule has 5 N–H and O–H groups in total. The van der Waals surface area contributed by atoms with Gasteiger partial charge in [-0.2, -0.15) is 4.98 Å². The number of aliphatic hydroxyl groups is 1. The first-order chi connectivity index (χ1) is 7.49. The zero-order valence-electron chi connectivity index (χ0n) is 8.44. The lowest BCUT2D eigenvalue weighted by Crippen LogP contribution is -2.09. The molecule has 0 fully saturated rings. The average Bonchev–Trinajstić information content (AvgIpc) is 2.60. The van der Waals surface area contributed by atoms with Crippen LogP contribution in [0.1, 0.15) is 18.7 Å². The maximum Gasteiger partial charge on any atom is 0.261 e. The number of aliphatic hydroxyl groups excluding tert-OH is 1. The van der Waals surface area contributed by atoms with Crippen LogP contribution in [0.2, 0.25) is 0 Å². The minimum absolute atomic E-state index is 0.0248. The minimum Gasteiger partial charge on any atom is -0.379 e. The Morgan fingerprint density at radius 2 is 2.25 bits per heavy atom. The summed E-state index contributed by atoms with van der Waals surface area (Å²) in [4.78, 5) is 31.3. The summed E-state index contributed by atoms with van der Waals surface area (Å²) in [5.74, 6) is -0.445. The fourth-order valence-electron chi connectivity index (χ4n) is 1.42. The Bertz CT molecular complexity index is 613. The predicted molar refractivity (Wildman–Crippen MR) is 56.8 cm³/mol. The first kappa shape index (κ1) is 10.4. The summed E-state index contributed by atoms with van der Waals surface area (Å²) < 4.78 is 0. The van der Waals surface area contributed by atoms with Crippen molar-refractivity contribution in [2.24, 2.45) is 0 Å². The lowest BCUT2D eigenvalue weighted by Gasteiger charge is -2.01. The van der Waals surface area contributed by atoms with Crippen molar-refractivity contribution in [3.8, 4) is 0 Å². The quantitative estimate of drug-likeness (QED) is 0.542. The molecule has 0 spiro atoms. The van der Waals surface area contributed by atoms with E-state index < -0.39 is 17.4 Å². The zero-order valence-corrected chi connectivity index (χ0v) is 8.44. The molecule has 7 heteroatoms. The highest BCUT2D eigenvalue weighted by Gasteiger charge is 2.16. The molecule has 0 aliphatic rings. The zero-order chi connectivity index (χ0) is 11.9. The van der Waals surface area contributed by atoms with E-state index in [0.717, 1.165) is 0 Å². The summed E-state index contributed by atoms with van der Waals surface area (Å²) in [6.45, 7) is 1.25. The number of nitrogens with two attached hydrogens (primary N) is 1. The first-order valence-electron chi connectivity index (χ1n) is 4.56.